The molecular weight excluding hydrogens is 328 g/mol. The van der Waals surface area contributed by atoms with E-state index in [2.05, 4.69) is 51.7 Å². The first-order valence-electron chi connectivity index (χ1n) is 8.45. The normalized spacial score (nSPS) is 12.4. The Morgan fingerprint density at radius 1 is 1.27 bits per heavy atom. The number of nitrogens with one attached hydrogen (secondary N) is 1. The summed E-state index contributed by atoms with van der Waals surface area (Å²) in [5.74, 6) is 0.793. The van der Waals surface area contributed by atoms with Crippen LogP contribution in [0.2, 0.25) is 0 Å². The molecule has 0 saturated carbocycles. The van der Waals surface area contributed by atoms with Crippen molar-refractivity contribution < 1.29 is 4.52 Å². The summed E-state index contributed by atoms with van der Waals surface area (Å²) in [6.07, 6.45) is 9.20. The molecule has 0 aliphatic rings. The number of imidazole rings is 1. The third-order valence-electron chi connectivity index (χ3n) is 4.31. The minimum atomic E-state index is 0.172. The van der Waals surface area contributed by atoms with Gasteiger partial charge in [0.2, 0.25) is 0 Å². The number of benzene rings is 1. The first-order valence-corrected chi connectivity index (χ1v) is 8.45. The molecule has 0 saturated heterocycles. The van der Waals surface area contributed by atoms with E-state index in [1.54, 1.807) is 23.4 Å². The first kappa shape index (κ1) is 16.3. The topological polar surface area (TPSA) is 73.7 Å². The SMILES string of the molecule is C[C@@H](NCc1cc(-c2cnn(C)c2)no1)c1cccc(-n2ccnc2)c1. The van der Waals surface area contributed by atoms with Gasteiger partial charge in [0.1, 0.15) is 5.69 Å². The maximum absolute atomic E-state index is 5.44. The quantitative estimate of drug-likeness (QED) is 0.579. The first-order chi connectivity index (χ1) is 12.7. The van der Waals surface area contributed by atoms with Crippen LogP contribution in [0, 0.1) is 0 Å². The van der Waals surface area contributed by atoms with Gasteiger partial charge < -0.3 is 14.4 Å². The second kappa shape index (κ2) is 6.97. The molecule has 0 aliphatic carbocycles. The molecule has 0 fully saturated rings. The Bertz CT molecular complexity index is 985. The maximum atomic E-state index is 5.44. The summed E-state index contributed by atoms with van der Waals surface area (Å²) >= 11 is 0. The third-order valence-corrected chi connectivity index (χ3v) is 4.31. The second-order valence-corrected chi connectivity index (χ2v) is 6.25. The van der Waals surface area contributed by atoms with Crippen molar-refractivity contribution in [2.45, 2.75) is 19.5 Å². The van der Waals surface area contributed by atoms with Crippen LogP contribution in [0.3, 0.4) is 0 Å². The predicted molar refractivity (Wildman–Crippen MR) is 97.5 cm³/mol. The molecule has 0 radical (unpaired) electrons. The molecular formula is C19H20N6O. The molecule has 0 spiro atoms. The molecule has 7 heteroatoms. The van der Waals surface area contributed by atoms with Gasteiger partial charge in [0.05, 0.1) is 19.1 Å². The van der Waals surface area contributed by atoms with Gasteiger partial charge in [0.15, 0.2) is 5.76 Å². The van der Waals surface area contributed by atoms with Gasteiger partial charge in [-0.1, -0.05) is 17.3 Å². The molecule has 4 rings (SSSR count). The minimum Gasteiger partial charge on any atom is -0.359 e. The summed E-state index contributed by atoms with van der Waals surface area (Å²) < 4.78 is 9.18. The molecule has 1 atom stereocenters. The zero-order chi connectivity index (χ0) is 17.9. The highest BCUT2D eigenvalue weighted by molar-refractivity contribution is 5.56. The molecule has 26 heavy (non-hydrogen) atoms. The van der Waals surface area contributed by atoms with Gasteiger partial charge in [-0.25, -0.2) is 4.98 Å². The van der Waals surface area contributed by atoms with Crippen LogP contribution in [-0.4, -0.2) is 24.5 Å². The van der Waals surface area contributed by atoms with Crippen LogP contribution >= 0.6 is 0 Å². The van der Waals surface area contributed by atoms with Crippen LogP contribution in [0.25, 0.3) is 16.9 Å². The van der Waals surface area contributed by atoms with Gasteiger partial charge in [0.25, 0.3) is 0 Å². The highest BCUT2D eigenvalue weighted by Crippen LogP contribution is 2.20. The molecule has 0 aliphatic heterocycles. The van der Waals surface area contributed by atoms with Gasteiger partial charge in [-0.2, -0.15) is 5.10 Å². The van der Waals surface area contributed by atoms with Crippen molar-refractivity contribution in [3.8, 4) is 16.9 Å². The summed E-state index contributed by atoms with van der Waals surface area (Å²) in [4.78, 5) is 4.10. The molecule has 0 bridgehead atoms. The summed E-state index contributed by atoms with van der Waals surface area (Å²) in [7, 11) is 1.88. The van der Waals surface area contributed by atoms with Gasteiger partial charge in [0, 0.05) is 49.0 Å². The second-order valence-electron chi connectivity index (χ2n) is 6.25. The largest absolute Gasteiger partial charge is 0.359 e. The lowest BCUT2D eigenvalue weighted by atomic mass is 10.1. The van der Waals surface area contributed by atoms with Crippen LogP contribution in [0.15, 0.2) is 66.0 Å². The highest BCUT2D eigenvalue weighted by Gasteiger charge is 2.11. The monoisotopic (exact) mass is 348 g/mol. The van der Waals surface area contributed by atoms with E-state index in [0.29, 0.717) is 6.54 Å². The zero-order valence-corrected chi connectivity index (χ0v) is 14.7. The molecule has 4 aromatic rings. The van der Waals surface area contributed by atoms with Crippen LogP contribution in [0.4, 0.5) is 0 Å². The summed E-state index contributed by atoms with van der Waals surface area (Å²) in [5, 5.41) is 11.8. The smallest absolute Gasteiger partial charge is 0.151 e. The van der Waals surface area contributed by atoms with E-state index in [4.69, 9.17) is 4.52 Å². The lowest BCUT2D eigenvalue weighted by molar-refractivity contribution is 0.368. The van der Waals surface area contributed by atoms with Crippen LogP contribution in [0.5, 0.6) is 0 Å². The highest BCUT2D eigenvalue weighted by atomic mass is 16.5. The zero-order valence-electron chi connectivity index (χ0n) is 14.7. The Labute approximate surface area is 151 Å². The molecule has 0 unspecified atom stereocenters. The number of hydrogen-bond donors (Lipinski definition) is 1. The Morgan fingerprint density at radius 3 is 2.96 bits per heavy atom. The van der Waals surface area contributed by atoms with E-state index in [-0.39, 0.29) is 6.04 Å². The van der Waals surface area contributed by atoms with E-state index in [9.17, 15) is 0 Å². The van der Waals surface area contributed by atoms with E-state index in [1.165, 1.54) is 5.56 Å². The summed E-state index contributed by atoms with van der Waals surface area (Å²) in [6.45, 7) is 2.73. The fourth-order valence-corrected chi connectivity index (χ4v) is 2.82. The average Bonchev–Trinajstić information content (AvgIpc) is 3.41. The van der Waals surface area contributed by atoms with E-state index in [0.717, 1.165) is 22.7 Å². The minimum absolute atomic E-state index is 0.172. The van der Waals surface area contributed by atoms with E-state index < -0.39 is 0 Å². The van der Waals surface area contributed by atoms with Crippen molar-refractivity contribution in [1.82, 2.24) is 29.8 Å². The van der Waals surface area contributed by atoms with Gasteiger partial charge in [-0.15, -0.1) is 0 Å². The Balaban J connectivity index is 1.42. The van der Waals surface area contributed by atoms with E-state index in [1.807, 2.05) is 30.1 Å². The van der Waals surface area contributed by atoms with E-state index >= 15 is 0 Å². The van der Waals surface area contributed by atoms with Crippen molar-refractivity contribution in [1.29, 1.82) is 0 Å². The fourth-order valence-electron chi connectivity index (χ4n) is 2.82. The van der Waals surface area contributed by atoms with Gasteiger partial charge in [-0.05, 0) is 24.6 Å². The molecule has 0 amide bonds. The lowest BCUT2D eigenvalue weighted by Gasteiger charge is -2.14. The molecule has 3 aromatic heterocycles. The number of nitrogens with zero attached hydrogens (tertiary/aromatic N) is 5. The van der Waals surface area contributed by atoms with Gasteiger partial charge >= 0.3 is 0 Å². The Hall–Kier alpha value is -3.19. The van der Waals surface area contributed by atoms with Crippen molar-refractivity contribution in [2.24, 2.45) is 7.05 Å². The number of hydrogen-bond acceptors (Lipinski definition) is 5. The third kappa shape index (κ3) is 3.43. The van der Waals surface area contributed by atoms with Crippen LogP contribution in [0.1, 0.15) is 24.3 Å². The molecule has 1 N–H and O–H groups in total. The van der Waals surface area contributed by atoms with Crippen molar-refractivity contribution in [3.63, 3.8) is 0 Å². The number of rotatable bonds is 6. The number of aromatic nitrogens is 5. The van der Waals surface area contributed by atoms with Crippen molar-refractivity contribution >= 4 is 0 Å². The maximum Gasteiger partial charge on any atom is 0.151 e. The van der Waals surface area contributed by atoms with Crippen LogP contribution in [-0.2, 0) is 13.6 Å². The van der Waals surface area contributed by atoms with Crippen molar-refractivity contribution in [3.05, 3.63) is 72.8 Å². The van der Waals surface area contributed by atoms with Gasteiger partial charge in [-0.3, -0.25) is 4.68 Å². The standard InChI is InChI=1S/C19H20N6O/c1-14(15-4-3-5-17(8-15)25-7-6-20-13-25)21-11-18-9-19(23-26-18)16-10-22-24(2)12-16/h3-10,12-14,21H,11H2,1-2H3/t14-/m1/s1. The van der Waals surface area contributed by atoms with Crippen molar-refractivity contribution in [2.75, 3.05) is 0 Å². The lowest BCUT2D eigenvalue weighted by Crippen LogP contribution is -2.17. The molecule has 3 heterocycles. The predicted octanol–water partition coefficient (Wildman–Crippen LogP) is 3.11. The fraction of sp³-hybridized carbons (Fsp3) is 0.211. The Kier molecular flexibility index (Phi) is 4.37. The molecule has 132 valence electrons. The summed E-state index contributed by atoms with van der Waals surface area (Å²) in [6, 6.07) is 10.5. The molecule has 1 aromatic carbocycles. The summed E-state index contributed by atoms with van der Waals surface area (Å²) in [5.41, 5.74) is 4.03. The average molecular weight is 348 g/mol. The van der Waals surface area contributed by atoms with Crippen LogP contribution < -0.4 is 5.32 Å². The molecule has 7 nitrogen and oxygen atoms in total. The number of aryl methyl sites for hydroxylation is 1. The Morgan fingerprint density at radius 2 is 2.19 bits per heavy atom.